The van der Waals surface area contributed by atoms with Crippen molar-refractivity contribution < 1.29 is 43.3 Å². The second kappa shape index (κ2) is 16.9. The normalized spacial score (nSPS) is 38.7. The van der Waals surface area contributed by atoms with E-state index in [0.717, 1.165) is 68.9 Å². The van der Waals surface area contributed by atoms with Gasteiger partial charge < -0.3 is 34.3 Å². The molecule has 3 aliphatic carbocycles. The number of hydroxylamine groups is 2. The number of carbonyl (C=O) groups excluding carboxylic acids is 3. The molecule has 1 unspecified atom stereocenters. The summed E-state index contributed by atoms with van der Waals surface area (Å²) < 4.78 is 26.7. The molecule has 1 aromatic rings. The number of hydrogen-bond acceptors (Lipinski definition) is 10. The van der Waals surface area contributed by atoms with Crippen LogP contribution in [0.5, 0.6) is 0 Å². The number of allylic oxidation sites excluding steroid dienone is 1. The molecular formula is C49H71N3O9. The van der Waals surface area contributed by atoms with Crippen LogP contribution in [0, 0.1) is 22.7 Å². The summed E-state index contributed by atoms with van der Waals surface area (Å²) in [4.78, 5) is 52.2. The Morgan fingerprint density at radius 1 is 0.967 bits per heavy atom. The number of hydrogen-bond donors (Lipinski definition) is 2. The molecule has 5 aliphatic heterocycles. The number of ether oxygens (including phenoxy) is 4. The van der Waals surface area contributed by atoms with Crippen molar-refractivity contribution in [3.63, 3.8) is 0 Å². The molecule has 336 valence electrons. The molecule has 5 heterocycles. The van der Waals surface area contributed by atoms with Crippen molar-refractivity contribution in [2.24, 2.45) is 22.7 Å². The molecule has 2 bridgehead atoms. The van der Waals surface area contributed by atoms with Gasteiger partial charge in [0.15, 0.2) is 11.8 Å². The zero-order valence-corrected chi connectivity index (χ0v) is 37.3. The summed E-state index contributed by atoms with van der Waals surface area (Å²) in [5.74, 6) is -0.720. The summed E-state index contributed by atoms with van der Waals surface area (Å²) in [7, 11) is 0. The first-order valence-corrected chi connectivity index (χ1v) is 24.0. The van der Waals surface area contributed by atoms with Crippen LogP contribution in [-0.2, 0) is 44.7 Å². The predicted octanol–water partition coefficient (Wildman–Crippen LogP) is 7.00. The molecule has 3 saturated carbocycles. The van der Waals surface area contributed by atoms with Gasteiger partial charge in [-0.1, -0.05) is 89.3 Å². The van der Waals surface area contributed by atoms with Gasteiger partial charge in [-0.15, -0.1) is 0 Å². The Morgan fingerprint density at radius 3 is 2.48 bits per heavy atom. The lowest BCUT2D eigenvalue weighted by molar-refractivity contribution is -0.225. The van der Waals surface area contributed by atoms with Crippen LogP contribution in [0.25, 0.3) is 6.08 Å². The Balaban J connectivity index is 1.04. The quantitative estimate of drug-likeness (QED) is 0.108. The Bertz CT molecular complexity index is 1840. The number of nitrogens with zero attached hydrogens (tertiary/aromatic N) is 2. The lowest BCUT2D eigenvalue weighted by Crippen LogP contribution is -2.70. The minimum atomic E-state index is -1.35. The number of benzene rings is 1. The van der Waals surface area contributed by atoms with Crippen LogP contribution in [0.3, 0.4) is 0 Å². The number of fused-ring (bicyclic) bond motifs is 6. The van der Waals surface area contributed by atoms with E-state index in [9.17, 15) is 14.7 Å². The first-order chi connectivity index (χ1) is 29.3. The van der Waals surface area contributed by atoms with E-state index < -0.39 is 53.7 Å². The molecule has 1 aromatic carbocycles. The smallest absolute Gasteiger partial charge is 0.327 e. The summed E-state index contributed by atoms with van der Waals surface area (Å²) >= 11 is 0. The number of nitrogens with one attached hydrogen (secondary N) is 1. The van der Waals surface area contributed by atoms with Crippen molar-refractivity contribution >= 4 is 23.9 Å². The van der Waals surface area contributed by atoms with Crippen molar-refractivity contribution in [2.45, 2.75) is 198 Å². The van der Waals surface area contributed by atoms with Gasteiger partial charge in [0.25, 0.3) is 0 Å². The van der Waals surface area contributed by atoms with Crippen molar-refractivity contribution in [1.29, 1.82) is 0 Å². The summed E-state index contributed by atoms with van der Waals surface area (Å²) in [5, 5.41) is 14.0. The molecule has 9 rings (SSSR count). The van der Waals surface area contributed by atoms with Crippen LogP contribution in [0.4, 0.5) is 0 Å². The van der Waals surface area contributed by atoms with Gasteiger partial charge in [-0.3, -0.25) is 19.2 Å². The molecule has 2 N–H and O–H groups in total. The third kappa shape index (κ3) is 7.81. The van der Waals surface area contributed by atoms with Crippen molar-refractivity contribution in [3.8, 4) is 0 Å². The van der Waals surface area contributed by atoms with E-state index >= 15 is 4.79 Å². The van der Waals surface area contributed by atoms with Crippen LogP contribution in [-0.4, -0.2) is 107 Å². The lowest BCUT2D eigenvalue weighted by atomic mass is 9.52. The molecule has 8 fully saturated rings. The summed E-state index contributed by atoms with van der Waals surface area (Å²) in [6.07, 6.45) is 14.5. The van der Waals surface area contributed by atoms with Gasteiger partial charge >= 0.3 is 5.97 Å². The molecule has 12 nitrogen and oxygen atoms in total. The van der Waals surface area contributed by atoms with Gasteiger partial charge in [0.05, 0.1) is 24.9 Å². The fourth-order valence-corrected chi connectivity index (χ4v) is 12.9. The number of amides is 2. The summed E-state index contributed by atoms with van der Waals surface area (Å²) in [5.41, 5.74) is 2.58. The highest BCUT2D eigenvalue weighted by Gasteiger charge is 2.77. The monoisotopic (exact) mass is 846 g/mol. The number of likely N-dealkylation sites (tertiary alicyclic amines) is 1. The molecular weight excluding hydrogens is 775 g/mol. The Morgan fingerprint density at radius 2 is 1.74 bits per heavy atom. The molecule has 0 aromatic heterocycles. The van der Waals surface area contributed by atoms with Crippen molar-refractivity contribution in [2.75, 3.05) is 19.7 Å². The van der Waals surface area contributed by atoms with Gasteiger partial charge in [0, 0.05) is 32.4 Å². The third-order valence-corrected chi connectivity index (χ3v) is 16.2. The van der Waals surface area contributed by atoms with E-state index in [1.54, 1.807) is 9.96 Å². The average Bonchev–Trinajstić information content (AvgIpc) is 3.61. The second-order valence-corrected chi connectivity index (χ2v) is 20.8. The fourth-order valence-electron chi connectivity index (χ4n) is 12.9. The van der Waals surface area contributed by atoms with Crippen LogP contribution in [0.2, 0.25) is 0 Å². The third-order valence-electron chi connectivity index (χ3n) is 16.2. The van der Waals surface area contributed by atoms with Crippen molar-refractivity contribution in [3.05, 3.63) is 41.0 Å². The number of aliphatic hydroxyl groups excluding tert-OH is 1. The first-order valence-electron chi connectivity index (χ1n) is 24.0. The van der Waals surface area contributed by atoms with E-state index in [2.05, 4.69) is 70.3 Å². The number of rotatable bonds is 15. The van der Waals surface area contributed by atoms with Gasteiger partial charge in [-0.2, -0.15) is 5.06 Å². The van der Waals surface area contributed by atoms with Crippen molar-refractivity contribution in [1.82, 2.24) is 15.3 Å². The minimum absolute atomic E-state index is 0.0286. The highest BCUT2D eigenvalue weighted by Crippen LogP contribution is 2.61. The molecule has 0 spiro atoms. The summed E-state index contributed by atoms with van der Waals surface area (Å²) in [6.45, 7) is 12.1. The molecule has 61 heavy (non-hydrogen) atoms. The highest BCUT2D eigenvalue weighted by molar-refractivity contribution is 5.96. The maximum atomic E-state index is 15.5. The van der Waals surface area contributed by atoms with E-state index in [1.165, 1.54) is 18.4 Å². The first kappa shape index (κ1) is 43.4. The van der Waals surface area contributed by atoms with Crippen LogP contribution < -0.4 is 5.32 Å². The highest BCUT2D eigenvalue weighted by atomic mass is 16.8. The van der Waals surface area contributed by atoms with Crippen LogP contribution in [0.1, 0.15) is 148 Å². The molecule has 11 atom stereocenters. The zero-order valence-electron chi connectivity index (χ0n) is 37.3. The predicted molar refractivity (Wildman–Crippen MR) is 228 cm³/mol. The Labute approximate surface area is 362 Å². The van der Waals surface area contributed by atoms with Gasteiger partial charge in [0.1, 0.15) is 35.9 Å². The number of carbonyl (C=O) groups is 3. The standard InChI is InChI=1S/C49H71N3O9/c1-6-8-10-20-48(21-11-9-7-2)59-39-37-29-49(45(56)51-24-13-16-36(51)43(54)50-23-25-53)41(44(55)57-37)52(61-42(49)40(39)60-48)30-32-15-12-14-31(26-32)27-33-17-18-38-47(5,58-38)22-19-35-34(33)28-46(35,3)4/h12,14-15,26-27,34-42,53H,6-11,13,16-25,28-30H2,1-5H3,(H,50,54)/t34-,35-,36-,37-,38?,39+,40+,41-,42-,47-,49-/m1/s1. The van der Waals surface area contributed by atoms with E-state index in [1.807, 2.05) is 0 Å². The SMILES string of the molecule is CCCCCC1(CCCCC)O[C@@H]2[C@H](O1)[C@H]1ON(Cc3cccc(C=C4CCC5O[C@]5(C)CC[C@@H]5[C@@H]4CC5(C)C)c3)[C@@H]3C(=O)O[C@@H]2C[C@]13C(=O)N1CCC[C@@H]1C(=O)NCCO. The molecule has 2 amide bonds. The Kier molecular flexibility index (Phi) is 12.0. The number of unbranched alkanes of at least 4 members (excludes halogenated alkanes) is 4. The number of esters is 1. The molecule has 12 heteroatoms. The van der Waals surface area contributed by atoms with Crippen LogP contribution in [0.15, 0.2) is 29.8 Å². The van der Waals surface area contributed by atoms with Crippen LogP contribution >= 0.6 is 0 Å². The van der Waals surface area contributed by atoms with Gasteiger partial charge in [-0.25, -0.2) is 0 Å². The number of epoxide rings is 1. The van der Waals surface area contributed by atoms with Gasteiger partial charge in [0.2, 0.25) is 11.8 Å². The molecule has 5 saturated heterocycles. The molecule has 8 aliphatic rings. The maximum Gasteiger partial charge on any atom is 0.327 e. The number of aliphatic hydroxyl groups is 1. The maximum absolute atomic E-state index is 15.5. The summed E-state index contributed by atoms with van der Waals surface area (Å²) in [6, 6.07) is 6.75. The zero-order chi connectivity index (χ0) is 42.7. The minimum Gasteiger partial charge on any atom is -0.458 e. The molecule has 0 radical (unpaired) electrons. The lowest BCUT2D eigenvalue weighted by Gasteiger charge is -2.53. The van der Waals surface area contributed by atoms with E-state index in [4.69, 9.17) is 23.8 Å². The second-order valence-electron chi connectivity index (χ2n) is 20.8. The average molecular weight is 846 g/mol. The Hall–Kier alpha value is -2.87. The topological polar surface area (TPSA) is 139 Å². The van der Waals surface area contributed by atoms with Gasteiger partial charge in [-0.05, 0) is 93.1 Å². The van der Waals surface area contributed by atoms with E-state index in [0.29, 0.717) is 55.6 Å². The van der Waals surface area contributed by atoms with E-state index in [-0.39, 0.29) is 43.5 Å². The largest absolute Gasteiger partial charge is 0.458 e. The fraction of sp³-hybridized carbons (Fsp3) is 0.776.